The first-order valence-corrected chi connectivity index (χ1v) is 7.44. The van der Waals surface area contributed by atoms with Crippen LogP contribution in [0.15, 0.2) is 48.7 Å². The Morgan fingerprint density at radius 3 is 2.52 bits per heavy atom. The summed E-state index contributed by atoms with van der Waals surface area (Å²) < 4.78 is 1.98. The van der Waals surface area contributed by atoms with Gasteiger partial charge in [0, 0.05) is 17.6 Å². The third-order valence-electron chi connectivity index (χ3n) is 4.22. The van der Waals surface area contributed by atoms with Crippen LogP contribution in [0.2, 0.25) is 0 Å². The maximum Gasteiger partial charge on any atom is 0.337 e. The Hall–Kier alpha value is -2.88. The predicted octanol–water partition coefficient (Wildman–Crippen LogP) is 4.16. The SMILES string of the molecule is Cc1cccc(-n2c(-c3ccccn3)cc(C(=O)O)c2C)c1C. The molecule has 0 radical (unpaired) electrons. The van der Waals surface area contributed by atoms with Crippen molar-refractivity contribution in [1.29, 1.82) is 0 Å². The van der Waals surface area contributed by atoms with Crippen LogP contribution in [0, 0.1) is 20.8 Å². The molecule has 0 aliphatic carbocycles. The highest BCUT2D eigenvalue weighted by atomic mass is 16.4. The van der Waals surface area contributed by atoms with E-state index in [0.29, 0.717) is 11.3 Å². The molecule has 0 atom stereocenters. The summed E-state index contributed by atoms with van der Waals surface area (Å²) in [6.07, 6.45) is 1.71. The molecule has 0 saturated carbocycles. The van der Waals surface area contributed by atoms with Crippen molar-refractivity contribution in [2.75, 3.05) is 0 Å². The van der Waals surface area contributed by atoms with E-state index in [0.717, 1.165) is 22.6 Å². The van der Waals surface area contributed by atoms with E-state index in [4.69, 9.17) is 0 Å². The number of aryl methyl sites for hydroxylation is 1. The van der Waals surface area contributed by atoms with E-state index >= 15 is 0 Å². The largest absolute Gasteiger partial charge is 0.478 e. The summed E-state index contributed by atoms with van der Waals surface area (Å²) in [6.45, 7) is 5.93. The number of pyridine rings is 1. The van der Waals surface area contributed by atoms with Gasteiger partial charge in [0.2, 0.25) is 0 Å². The Morgan fingerprint density at radius 2 is 1.87 bits per heavy atom. The Kier molecular flexibility index (Phi) is 3.74. The molecule has 0 amide bonds. The molecular formula is C19H18N2O2. The standard InChI is InChI=1S/C19H18N2O2/c1-12-7-6-9-17(13(12)2)21-14(3)15(19(22)23)11-18(21)16-8-4-5-10-20-16/h4-11H,1-3H3,(H,22,23). The van der Waals surface area contributed by atoms with Crippen LogP contribution >= 0.6 is 0 Å². The van der Waals surface area contributed by atoms with E-state index in [9.17, 15) is 9.90 Å². The van der Waals surface area contributed by atoms with Crippen LogP contribution in [-0.4, -0.2) is 20.6 Å². The minimum atomic E-state index is -0.927. The number of hydrogen-bond donors (Lipinski definition) is 1. The molecule has 0 unspecified atom stereocenters. The van der Waals surface area contributed by atoms with Crippen molar-refractivity contribution in [2.24, 2.45) is 0 Å². The van der Waals surface area contributed by atoms with Gasteiger partial charge < -0.3 is 9.67 Å². The molecule has 0 aliphatic heterocycles. The van der Waals surface area contributed by atoms with E-state index in [2.05, 4.69) is 18.0 Å². The van der Waals surface area contributed by atoms with E-state index < -0.39 is 5.97 Å². The number of hydrogen-bond acceptors (Lipinski definition) is 2. The summed E-state index contributed by atoms with van der Waals surface area (Å²) >= 11 is 0. The lowest BCUT2D eigenvalue weighted by molar-refractivity contribution is 0.0696. The molecule has 4 nitrogen and oxygen atoms in total. The lowest BCUT2D eigenvalue weighted by Gasteiger charge is -2.15. The van der Waals surface area contributed by atoms with Crippen LogP contribution in [0.5, 0.6) is 0 Å². The molecule has 2 aromatic heterocycles. The molecule has 2 heterocycles. The Morgan fingerprint density at radius 1 is 1.09 bits per heavy atom. The van der Waals surface area contributed by atoms with Crippen molar-refractivity contribution in [2.45, 2.75) is 20.8 Å². The number of carboxylic acid groups (broad SMARTS) is 1. The molecule has 0 bridgehead atoms. The van der Waals surface area contributed by atoms with Crippen LogP contribution in [0.1, 0.15) is 27.2 Å². The van der Waals surface area contributed by atoms with Crippen LogP contribution in [0.25, 0.3) is 17.1 Å². The second-order valence-corrected chi connectivity index (χ2v) is 5.60. The number of rotatable bonds is 3. The molecule has 3 rings (SSSR count). The number of aromatic carboxylic acids is 1. The van der Waals surface area contributed by atoms with Gasteiger partial charge in [0.25, 0.3) is 0 Å². The highest BCUT2D eigenvalue weighted by molar-refractivity contribution is 5.91. The van der Waals surface area contributed by atoms with Crippen molar-refractivity contribution >= 4 is 5.97 Å². The van der Waals surface area contributed by atoms with Crippen LogP contribution in [-0.2, 0) is 0 Å². The highest BCUT2D eigenvalue weighted by Crippen LogP contribution is 2.30. The van der Waals surface area contributed by atoms with E-state index in [1.54, 1.807) is 12.3 Å². The molecular weight excluding hydrogens is 288 g/mol. The maximum absolute atomic E-state index is 11.6. The van der Waals surface area contributed by atoms with E-state index in [1.165, 1.54) is 5.56 Å². The number of carboxylic acids is 1. The molecule has 116 valence electrons. The zero-order valence-corrected chi connectivity index (χ0v) is 13.4. The molecule has 4 heteroatoms. The molecule has 23 heavy (non-hydrogen) atoms. The van der Waals surface area contributed by atoms with Crippen LogP contribution in [0.4, 0.5) is 0 Å². The van der Waals surface area contributed by atoms with Gasteiger partial charge in [0.05, 0.1) is 17.0 Å². The van der Waals surface area contributed by atoms with Crippen molar-refractivity contribution in [3.05, 3.63) is 71.0 Å². The van der Waals surface area contributed by atoms with Gasteiger partial charge in [-0.1, -0.05) is 18.2 Å². The van der Waals surface area contributed by atoms with Crippen LogP contribution in [0.3, 0.4) is 0 Å². The Balaban J connectivity index is 2.35. The molecule has 0 saturated heterocycles. The van der Waals surface area contributed by atoms with Crippen molar-refractivity contribution in [3.63, 3.8) is 0 Å². The van der Waals surface area contributed by atoms with Gasteiger partial charge in [-0.05, 0) is 56.2 Å². The highest BCUT2D eigenvalue weighted by Gasteiger charge is 2.20. The fourth-order valence-corrected chi connectivity index (χ4v) is 2.81. The summed E-state index contributed by atoms with van der Waals surface area (Å²) in [7, 11) is 0. The van der Waals surface area contributed by atoms with E-state index in [-0.39, 0.29) is 0 Å². The number of carbonyl (C=O) groups is 1. The Labute approximate surface area is 135 Å². The van der Waals surface area contributed by atoms with Crippen molar-refractivity contribution < 1.29 is 9.90 Å². The van der Waals surface area contributed by atoms with Gasteiger partial charge in [-0.3, -0.25) is 4.98 Å². The first-order chi connectivity index (χ1) is 11.0. The first kappa shape index (κ1) is 15.0. The molecule has 0 fully saturated rings. The normalized spacial score (nSPS) is 10.7. The lowest BCUT2D eigenvalue weighted by Crippen LogP contribution is -2.05. The maximum atomic E-state index is 11.6. The van der Waals surface area contributed by atoms with Crippen LogP contribution < -0.4 is 0 Å². The third kappa shape index (κ3) is 2.52. The average molecular weight is 306 g/mol. The van der Waals surface area contributed by atoms with Crippen molar-refractivity contribution in [1.82, 2.24) is 9.55 Å². The van der Waals surface area contributed by atoms with E-state index in [1.807, 2.05) is 48.7 Å². The lowest BCUT2D eigenvalue weighted by atomic mass is 10.1. The first-order valence-electron chi connectivity index (χ1n) is 7.44. The molecule has 1 N–H and O–H groups in total. The number of aromatic nitrogens is 2. The second-order valence-electron chi connectivity index (χ2n) is 5.60. The fourth-order valence-electron chi connectivity index (χ4n) is 2.81. The minimum Gasteiger partial charge on any atom is -0.478 e. The smallest absolute Gasteiger partial charge is 0.337 e. The molecule has 3 aromatic rings. The second kappa shape index (κ2) is 5.72. The minimum absolute atomic E-state index is 0.298. The summed E-state index contributed by atoms with van der Waals surface area (Å²) in [5.74, 6) is -0.927. The molecule has 0 aliphatic rings. The summed E-state index contributed by atoms with van der Waals surface area (Å²) in [6, 6.07) is 13.4. The van der Waals surface area contributed by atoms with Gasteiger partial charge in [0.15, 0.2) is 0 Å². The van der Waals surface area contributed by atoms with Gasteiger partial charge >= 0.3 is 5.97 Å². The third-order valence-corrected chi connectivity index (χ3v) is 4.22. The van der Waals surface area contributed by atoms with Gasteiger partial charge in [0.1, 0.15) is 0 Å². The molecule has 1 aromatic carbocycles. The Bertz CT molecular complexity index is 880. The molecule has 0 spiro atoms. The summed E-state index contributed by atoms with van der Waals surface area (Å²) in [4.78, 5) is 16.0. The number of benzene rings is 1. The zero-order valence-electron chi connectivity index (χ0n) is 13.4. The fraction of sp³-hybridized carbons (Fsp3) is 0.158. The van der Waals surface area contributed by atoms with Gasteiger partial charge in [-0.2, -0.15) is 0 Å². The monoisotopic (exact) mass is 306 g/mol. The zero-order chi connectivity index (χ0) is 16.6. The summed E-state index contributed by atoms with van der Waals surface area (Å²) in [5.41, 5.74) is 5.81. The predicted molar refractivity (Wildman–Crippen MR) is 90.2 cm³/mol. The number of nitrogens with zero attached hydrogens (tertiary/aromatic N) is 2. The van der Waals surface area contributed by atoms with Gasteiger partial charge in [-0.25, -0.2) is 4.79 Å². The van der Waals surface area contributed by atoms with Gasteiger partial charge in [-0.15, -0.1) is 0 Å². The topological polar surface area (TPSA) is 55.1 Å². The average Bonchev–Trinajstić information content (AvgIpc) is 2.88. The summed E-state index contributed by atoms with van der Waals surface area (Å²) in [5, 5.41) is 9.49. The quantitative estimate of drug-likeness (QED) is 0.790. The van der Waals surface area contributed by atoms with Crippen molar-refractivity contribution in [3.8, 4) is 17.1 Å².